The quantitative estimate of drug-likeness (QED) is 0.591. The van der Waals surface area contributed by atoms with Crippen molar-refractivity contribution in [2.75, 3.05) is 7.11 Å². The molecular formula is C16H11ClF6O. The van der Waals surface area contributed by atoms with E-state index in [1.165, 1.54) is 13.2 Å². The molecule has 0 fully saturated rings. The number of alkyl halides is 6. The van der Waals surface area contributed by atoms with Gasteiger partial charge in [-0.05, 0) is 47.0 Å². The summed E-state index contributed by atoms with van der Waals surface area (Å²) in [6.07, 6.45) is -10.5. The third-order valence-corrected chi connectivity index (χ3v) is 3.65. The number of methoxy groups -OCH3 is 1. The van der Waals surface area contributed by atoms with Crippen LogP contribution in [0, 0.1) is 0 Å². The van der Waals surface area contributed by atoms with E-state index in [1.807, 2.05) is 0 Å². The second-order valence-corrected chi connectivity index (χ2v) is 5.41. The standard InChI is InChI=1S/C16H11ClF6O/c1-24-11-3-4-13(16(21,22)23)12(7-11)9-2-5-14(17)10(6-9)8-15(18,19)20/h2-7H,8H2,1H3. The lowest BCUT2D eigenvalue weighted by Crippen LogP contribution is -2.12. The van der Waals surface area contributed by atoms with Crippen molar-refractivity contribution in [1.29, 1.82) is 0 Å². The highest BCUT2D eigenvalue weighted by atomic mass is 35.5. The molecule has 0 bridgehead atoms. The average molecular weight is 369 g/mol. The Morgan fingerprint density at radius 1 is 0.958 bits per heavy atom. The van der Waals surface area contributed by atoms with Crippen LogP contribution in [0.5, 0.6) is 5.75 Å². The molecule has 0 atom stereocenters. The van der Waals surface area contributed by atoms with Gasteiger partial charge in [0.1, 0.15) is 5.75 Å². The molecule has 130 valence electrons. The molecule has 0 heterocycles. The summed E-state index contributed by atoms with van der Waals surface area (Å²) < 4.78 is 82.2. The van der Waals surface area contributed by atoms with Crippen LogP contribution < -0.4 is 4.74 Å². The van der Waals surface area contributed by atoms with Gasteiger partial charge in [-0.1, -0.05) is 17.7 Å². The van der Waals surface area contributed by atoms with Gasteiger partial charge in [0.15, 0.2) is 0 Å². The Morgan fingerprint density at radius 2 is 1.62 bits per heavy atom. The molecule has 2 aromatic rings. The Bertz CT molecular complexity index is 736. The molecule has 2 aromatic carbocycles. The lowest BCUT2D eigenvalue weighted by molar-refractivity contribution is -0.137. The summed E-state index contributed by atoms with van der Waals surface area (Å²) in [7, 11) is 1.28. The van der Waals surface area contributed by atoms with Gasteiger partial charge in [0.05, 0.1) is 19.1 Å². The number of benzene rings is 2. The van der Waals surface area contributed by atoms with E-state index in [0.717, 1.165) is 30.3 Å². The molecule has 0 saturated carbocycles. The topological polar surface area (TPSA) is 9.23 Å². The molecule has 0 radical (unpaired) electrons. The van der Waals surface area contributed by atoms with Gasteiger partial charge >= 0.3 is 12.4 Å². The predicted octanol–water partition coefficient (Wildman–Crippen LogP) is 6.14. The highest BCUT2D eigenvalue weighted by Crippen LogP contribution is 2.40. The van der Waals surface area contributed by atoms with E-state index in [1.54, 1.807) is 0 Å². The normalized spacial score (nSPS) is 12.3. The Balaban J connectivity index is 2.61. The largest absolute Gasteiger partial charge is 0.497 e. The summed E-state index contributed by atoms with van der Waals surface area (Å²) in [5.41, 5.74) is -1.56. The SMILES string of the molecule is COc1ccc(C(F)(F)F)c(-c2ccc(Cl)c(CC(F)(F)F)c2)c1. The summed E-state index contributed by atoms with van der Waals surface area (Å²) in [5.74, 6) is 0.158. The molecule has 0 N–H and O–H groups in total. The van der Waals surface area contributed by atoms with Crippen molar-refractivity contribution in [2.45, 2.75) is 18.8 Å². The second-order valence-electron chi connectivity index (χ2n) is 5.01. The fourth-order valence-electron chi connectivity index (χ4n) is 2.23. The molecule has 24 heavy (non-hydrogen) atoms. The van der Waals surface area contributed by atoms with Gasteiger partial charge in [-0.3, -0.25) is 0 Å². The monoisotopic (exact) mass is 368 g/mol. The fraction of sp³-hybridized carbons (Fsp3) is 0.250. The Hall–Kier alpha value is -1.89. The molecule has 0 spiro atoms. The first-order valence-corrected chi connectivity index (χ1v) is 7.00. The number of rotatable bonds is 3. The van der Waals surface area contributed by atoms with Crippen molar-refractivity contribution >= 4 is 11.6 Å². The summed E-state index contributed by atoms with van der Waals surface area (Å²) in [6.45, 7) is 0. The van der Waals surface area contributed by atoms with E-state index in [9.17, 15) is 26.3 Å². The Labute approximate surface area is 138 Å². The Morgan fingerprint density at radius 3 is 2.17 bits per heavy atom. The van der Waals surface area contributed by atoms with Crippen LogP contribution in [0.4, 0.5) is 26.3 Å². The van der Waals surface area contributed by atoms with E-state index in [0.29, 0.717) is 0 Å². The molecule has 0 unspecified atom stereocenters. The van der Waals surface area contributed by atoms with Crippen molar-refractivity contribution < 1.29 is 31.1 Å². The molecule has 0 aliphatic heterocycles. The van der Waals surface area contributed by atoms with E-state index in [4.69, 9.17) is 16.3 Å². The zero-order valence-electron chi connectivity index (χ0n) is 12.2. The first-order chi connectivity index (χ1) is 11.0. The van der Waals surface area contributed by atoms with Crippen molar-refractivity contribution in [3.8, 4) is 16.9 Å². The number of halogens is 7. The summed E-state index contributed by atoms with van der Waals surface area (Å²) >= 11 is 5.73. The zero-order valence-corrected chi connectivity index (χ0v) is 13.0. The third kappa shape index (κ3) is 4.35. The Kier molecular flexibility index (Phi) is 5.03. The highest BCUT2D eigenvalue weighted by molar-refractivity contribution is 6.31. The second kappa shape index (κ2) is 6.55. The number of hydrogen-bond donors (Lipinski definition) is 0. The highest BCUT2D eigenvalue weighted by Gasteiger charge is 2.34. The van der Waals surface area contributed by atoms with Crippen LogP contribution in [0.3, 0.4) is 0 Å². The van der Waals surface area contributed by atoms with Gasteiger partial charge in [-0.15, -0.1) is 0 Å². The summed E-state index contributed by atoms with van der Waals surface area (Å²) in [4.78, 5) is 0. The van der Waals surface area contributed by atoms with Gasteiger partial charge in [0.25, 0.3) is 0 Å². The minimum absolute atomic E-state index is 0.0233. The third-order valence-electron chi connectivity index (χ3n) is 3.28. The maximum Gasteiger partial charge on any atom is 0.417 e. The number of ether oxygens (including phenoxy) is 1. The lowest BCUT2D eigenvalue weighted by atomic mass is 9.96. The molecular weight excluding hydrogens is 358 g/mol. The average Bonchev–Trinajstić information content (AvgIpc) is 2.46. The van der Waals surface area contributed by atoms with Gasteiger partial charge in [0.2, 0.25) is 0 Å². The van der Waals surface area contributed by atoms with E-state index in [2.05, 4.69) is 0 Å². The van der Waals surface area contributed by atoms with Crippen molar-refractivity contribution in [2.24, 2.45) is 0 Å². The van der Waals surface area contributed by atoms with Gasteiger partial charge in [-0.2, -0.15) is 26.3 Å². The van der Waals surface area contributed by atoms with Crippen molar-refractivity contribution in [1.82, 2.24) is 0 Å². The maximum atomic E-state index is 13.2. The molecule has 1 nitrogen and oxygen atoms in total. The van der Waals surface area contributed by atoms with E-state index < -0.39 is 24.3 Å². The van der Waals surface area contributed by atoms with Crippen LogP contribution in [0.25, 0.3) is 11.1 Å². The van der Waals surface area contributed by atoms with Crippen molar-refractivity contribution in [3.63, 3.8) is 0 Å². The minimum atomic E-state index is -4.66. The lowest BCUT2D eigenvalue weighted by Gasteiger charge is -2.16. The van der Waals surface area contributed by atoms with Crippen LogP contribution in [0.2, 0.25) is 5.02 Å². The van der Waals surface area contributed by atoms with Crippen LogP contribution in [-0.4, -0.2) is 13.3 Å². The summed E-state index contributed by atoms with van der Waals surface area (Å²) in [6, 6.07) is 6.50. The van der Waals surface area contributed by atoms with Crippen molar-refractivity contribution in [3.05, 3.63) is 52.5 Å². The molecule has 0 amide bonds. The molecule has 0 aliphatic carbocycles. The van der Waals surface area contributed by atoms with Gasteiger partial charge in [0, 0.05) is 5.02 Å². The molecule has 0 aromatic heterocycles. The predicted molar refractivity (Wildman–Crippen MR) is 78.2 cm³/mol. The smallest absolute Gasteiger partial charge is 0.417 e. The zero-order chi connectivity index (χ0) is 18.1. The van der Waals surface area contributed by atoms with Gasteiger partial charge in [-0.25, -0.2) is 0 Å². The van der Waals surface area contributed by atoms with Crippen LogP contribution in [0.15, 0.2) is 36.4 Å². The maximum absolute atomic E-state index is 13.2. The molecule has 0 aliphatic rings. The first-order valence-electron chi connectivity index (χ1n) is 6.62. The summed E-state index contributed by atoms with van der Waals surface area (Å²) in [5, 5.41) is -0.160. The van der Waals surface area contributed by atoms with Crippen LogP contribution in [0.1, 0.15) is 11.1 Å². The molecule has 0 saturated heterocycles. The number of hydrogen-bond acceptors (Lipinski definition) is 1. The minimum Gasteiger partial charge on any atom is -0.497 e. The first kappa shape index (κ1) is 18.4. The van der Waals surface area contributed by atoms with E-state index >= 15 is 0 Å². The van der Waals surface area contributed by atoms with Crippen LogP contribution >= 0.6 is 11.6 Å². The van der Waals surface area contributed by atoms with Gasteiger partial charge < -0.3 is 4.74 Å². The van der Waals surface area contributed by atoms with Crippen LogP contribution in [-0.2, 0) is 12.6 Å². The molecule has 2 rings (SSSR count). The molecule has 8 heteroatoms. The fourth-order valence-corrected chi connectivity index (χ4v) is 2.41. The van der Waals surface area contributed by atoms with E-state index in [-0.39, 0.29) is 27.5 Å².